The molecule has 0 fully saturated rings. The maximum Gasteiger partial charge on any atom is 0.337 e. The van der Waals surface area contributed by atoms with Crippen LogP contribution in [-0.2, 0) is 11.3 Å². The lowest BCUT2D eigenvalue weighted by molar-refractivity contribution is 0.0600. The Hall–Kier alpha value is -2.69. The molecule has 22 heavy (non-hydrogen) atoms. The number of rotatable bonds is 6. The fourth-order valence-electron chi connectivity index (χ4n) is 1.97. The van der Waals surface area contributed by atoms with Crippen molar-refractivity contribution < 1.29 is 23.7 Å². The topological polar surface area (TPSA) is 54.0 Å². The molecule has 0 saturated heterocycles. The maximum atomic E-state index is 11.4. The first-order chi connectivity index (χ1) is 10.7. The molecule has 0 radical (unpaired) electrons. The molecular weight excluding hydrogens is 284 g/mol. The standard InChI is InChI=1S/C17H18O5/c1-19-14-5-4-6-15(20-2)16(14)22-11-12-7-9-13(10-8-12)17(18)21-3/h4-10H,11H2,1-3H3. The van der Waals surface area contributed by atoms with Gasteiger partial charge >= 0.3 is 5.97 Å². The number of esters is 1. The van der Waals surface area contributed by atoms with Crippen molar-refractivity contribution >= 4 is 5.97 Å². The van der Waals surface area contributed by atoms with E-state index in [0.717, 1.165) is 5.56 Å². The second-order valence-electron chi connectivity index (χ2n) is 4.47. The van der Waals surface area contributed by atoms with E-state index in [1.54, 1.807) is 38.5 Å². The number of ether oxygens (including phenoxy) is 4. The molecule has 0 heterocycles. The minimum absolute atomic E-state index is 0.332. The molecular formula is C17H18O5. The molecule has 0 aliphatic heterocycles. The zero-order valence-corrected chi connectivity index (χ0v) is 12.8. The van der Waals surface area contributed by atoms with Gasteiger partial charge in [0.1, 0.15) is 6.61 Å². The van der Waals surface area contributed by atoms with Crippen molar-refractivity contribution in [2.75, 3.05) is 21.3 Å². The number of hydrogen-bond donors (Lipinski definition) is 0. The van der Waals surface area contributed by atoms with Crippen LogP contribution < -0.4 is 14.2 Å². The monoisotopic (exact) mass is 302 g/mol. The number of carbonyl (C=O) groups is 1. The third kappa shape index (κ3) is 3.49. The van der Waals surface area contributed by atoms with Gasteiger partial charge in [-0.05, 0) is 29.8 Å². The number of benzene rings is 2. The van der Waals surface area contributed by atoms with E-state index in [4.69, 9.17) is 14.2 Å². The highest BCUT2D eigenvalue weighted by molar-refractivity contribution is 5.89. The number of methoxy groups -OCH3 is 3. The molecule has 0 saturated carbocycles. The fourth-order valence-corrected chi connectivity index (χ4v) is 1.97. The summed E-state index contributed by atoms with van der Waals surface area (Å²) in [6.07, 6.45) is 0. The molecule has 0 N–H and O–H groups in total. The highest BCUT2D eigenvalue weighted by Crippen LogP contribution is 2.37. The Morgan fingerprint density at radius 3 is 2.00 bits per heavy atom. The minimum Gasteiger partial charge on any atom is -0.493 e. The van der Waals surface area contributed by atoms with Gasteiger partial charge in [-0.1, -0.05) is 18.2 Å². The van der Waals surface area contributed by atoms with Gasteiger partial charge in [0.05, 0.1) is 26.9 Å². The SMILES string of the molecule is COC(=O)c1ccc(COc2c(OC)cccc2OC)cc1. The molecule has 0 aromatic heterocycles. The van der Waals surface area contributed by atoms with Crippen LogP contribution in [0.1, 0.15) is 15.9 Å². The molecule has 0 aliphatic rings. The van der Waals surface area contributed by atoms with Gasteiger partial charge in [0.15, 0.2) is 11.5 Å². The van der Waals surface area contributed by atoms with Crippen molar-refractivity contribution in [3.05, 3.63) is 53.6 Å². The Kier molecular flexibility index (Phi) is 5.25. The summed E-state index contributed by atoms with van der Waals surface area (Å²) in [5.41, 5.74) is 1.42. The van der Waals surface area contributed by atoms with E-state index in [1.165, 1.54) is 7.11 Å². The predicted molar refractivity (Wildman–Crippen MR) is 81.7 cm³/mol. The van der Waals surface area contributed by atoms with Crippen LogP contribution in [0.3, 0.4) is 0 Å². The molecule has 0 atom stereocenters. The minimum atomic E-state index is -0.362. The van der Waals surface area contributed by atoms with Crippen molar-refractivity contribution in [3.8, 4) is 17.2 Å². The summed E-state index contributed by atoms with van der Waals surface area (Å²) < 4.78 is 21.0. The Labute approximate surface area is 129 Å². The van der Waals surface area contributed by atoms with Crippen LogP contribution in [0.15, 0.2) is 42.5 Å². The summed E-state index contributed by atoms with van der Waals surface area (Å²) in [5, 5.41) is 0. The number of para-hydroxylation sites is 1. The zero-order chi connectivity index (χ0) is 15.9. The molecule has 0 amide bonds. The summed E-state index contributed by atoms with van der Waals surface area (Å²) in [6, 6.07) is 12.5. The highest BCUT2D eigenvalue weighted by atomic mass is 16.5. The van der Waals surface area contributed by atoms with Gasteiger partial charge in [0.2, 0.25) is 5.75 Å². The Balaban J connectivity index is 2.11. The van der Waals surface area contributed by atoms with Crippen LogP contribution in [0.4, 0.5) is 0 Å². The maximum absolute atomic E-state index is 11.4. The summed E-state index contributed by atoms with van der Waals surface area (Å²) >= 11 is 0. The van der Waals surface area contributed by atoms with E-state index in [9.17, 15) is 4.79 Å². The van der Waals surface area contributed by atoms with Crippen molar-refractivity contribution in [2.45, 2.75) is 6.61 Å². The molecule has 2 aromatic carbocycles. The molecule has 5 nitrogen and oxygen atoms in total. The molecule has 0 spiro atoms. The number of carbonyl (C=O) groups excluding carboxylic acids is 1. The van der Waals surface area contributed by atoms with Gasteiger partial charge in [0.25, 0.3) is 0 Å². The van der Waals surface area contributed by atoms with E-state index in [2.05, 4.69) is 4.74 Å². The van der Waals surface area contributed by atoms with Crippen molar-refractivity contribution in [1.29, 1.82) is 0 Å². The molecule has 0 bridgehead atoms. The lowest BCUT2D eigenvalue weighted by Crippen LogP contribution is -2.03. The molecule has 116 valence electrons. The van der Waals surface area contributed by atoms with E-state index in [1.807, 2.05) is 18.2 Å². The van der Waals surface area contributed by atoms with Crippen LogP contribution in [0.25, 0.3) is 0 Å². The third-order valence-corrected chi connectivity index (χ3v) is 3.14. The second-order valence-corrected chi connectivity index (χ2v) is 4.47. The van der Waals surface area contributed by atoms with Gasteiger partial charge in [-0.15, -0.1) is 0 Å². The first-order valence-corrected chi connectivity index (χ1v) is 6.70. The lowest BCUT2D eigenvalue weighted by atomic mass is 10.1. The van der Waals surface area contributed by atoms with Crippen molar-refractivity contribution in [2.24, 2.45) is 0 Å². The number of hydrogen-bond acceptors (Lipinski definition) is 5. The molecule has 2 rings (SSSR count). The normalized spacial score (nSPS) is 9.95. The van der Waals surface area contributed by atoms with E-state index in [-0.39, 0.29) is 5.97 Å². The first-order valence-electron chi connectivity index (χ1n) is 6.70. The first kappa shape index (κ1) is 15.7. The Morgan fingerprint density at radius 2 is 1.50 bits per heavy atom. The van der Waals surface area contributed by atoms with Crippen LogP contribution >= 0.6 is 0 Å². The van der Waals surface area contributed by atoms with Crippen LogP contribution in [0, 0.1) is 0 Å². The van der Waals surface area contributed by atoms with E-state index < -0.39 is 0 Å². The summed E-state index contributed by atoms with van der Waals surface area (Å²) in [5.74, 6) is 1.39. The quantitative estimate of drug-likeness (QED) is 0.768. The van der Waals surface area contributed by atoms with E-state index >= 15 is 0 Å². The average Bonchev–Trinajstić information content (AvgIpc) is 2.59. The molecule has 5 heteroatoms. The van der Waals surface area contributed by atoms with Crippen LogP contribution in [0.5, 0.6) is 17.2 Å². The van der Waals surface area contributed by atoms with Crippen LogP contribution in [-0.4, -0.2) is 27.3 Å². The highest BCUT2D eigenvalue weighted by Gasteiger charge is 2.11. The Bertz CT molecular complexity index is 612. The average molecular weight is 302 g/mol. The van der Waals surface area contributed by atoms with Gasteiger partial charge in [-0.3, -0.25) is 0 Å². The summed E-state index contributed by atoms with van der Waals surface area (Å²) in [7, 11) is 4.51. The van der Waals surface area contributed by atoms with Gasteiger partial charge in [-0.25, -0.2) is 4.79 Å². The van der Waals surface area contributed by atoms with Crippen molar-refractivity contribution in [3.63, 3.8) is 0 Å². The molecule has 0 aliphatic carbocycles. The van der Waals surface area contributed by atoms with Gasteiger partial charge in [-0.2, -0.15) is 0 Å². The Morgan fingerprint density at radius 1 is 0.909 bits per heavy atom. The largest absolute Gasteiger partial charge is 0.493 e. The predicted octanol–water partition coefficient (Wildman–Crippen LogP) is 3.07. The van der Waals surface area contributed by atoms with Gasteiger partial charge < -0.3 is 18.9 Å². The zero-order valence-electron chi connectivity index (χ0n) is 12.8. The summed E-state index contributed by atoms with van der Waals surface area (Å²) in [6.45, 7) is 0.332. The lowest BCUT2D eigenvalue weighted by Gasteiger charge is -2.14. The smallest absolute Gasteiger partial charge is 0.337 e. The van der Waals surface area contributed by atoms with E-state index in [0.29, 0.717) is 29.4 Å². The van der Waals surface area contributed by atoms with Crippen molar-refractivity contribution in [1.82, 2.24) is 0 Å². The van der Waals surface area contributed by atoms with Crippen LogP contribution in [0.2, 0.25) is 0 Å². The molecule has 0 unspecified atom stereocenters. The molecule has 2 aromatic rings. The second kappa shape index (κ2) is 7.36. The fraction of sp³-hybridized carbons (Fsp3) is 0.235. The van der Waals surface area contributed by atoms with Gasteiger partial charge in [0, 0.05) is 0 Å². The summed E-state index contributed by atoms with van der Waals surface area (Å²) in [4.78, 5) is 11.4. The third-order valence-electron chi connectivity index (χ3n) is 3.14.